The second kappa shape index (κ2) is 7.21. The van der Waals surface area contributed by atoms with Crippen LogP contribution in [0.4, 0.5) is 0 Å². The van der Waals surface area contributed by atoms with Crippen molar-refractivity contribution in [2.45, 2.75) is 58.8 Å². The third-order valence-electron chi connectivity index (χ3n) is 5.06. The van der Waals surface area contributed by atoms with E-state index in [0.29, 0.717) is 0 Å². The van der Waals surface area contributed by atoms with Crippen molar-refractivity contribution in [1.29, 1.82) is 0 Å². The average molecular weight is 326 g/mol. The number of rotatable bonds is 2. The maximum atomic E-state index is 3.45. The first-order chi connectivity index (χ1) is 12.1. The minimum Gasteiger partial charge on any atom is -0.104 e. The topological polar surface area (TPSA) is 0 Å². The van der Waals surface area contributed by atoms with Gasteiger partial charge in [-0.15, -0.1) is 23.7 Å². The number of aryl methyl sites for hydroxylation is 2. The molecule has 0 N–H and O–H groups in total. The standard InChI is InChI=1S/C25H26/c1-5-7-9-15-25(16-10-8-6-2)23-17-19(3)11-13-21(23)22-14-12-20(4)18-24(22)25/h11-14,17-18H,5-6,15-16H2,1-4H3. The molecule has 2 aromatic carbocycles. The Kier molecular flexibility index (Phi) is 5.01. The summed E-state index contributed by atoms with van der Waals surface area (Å²) in [4.78, 5) is 0. The van der Waals surface area contributed by atoms with Gasteiger partial charge < -0.3 is 0 Å². The predicted octanol–water partition coefficient (Wildman–Crippen LogP) is 6.18. The fourth-order valence-electron chi connectivity index (χ4n) is 3.84. The maximum absolute atomic E-state index is 3.45. The van der Waals surface area contributed by atoms with Gasteiger partial charge in [0.25, 0.3) is 0 Å². The molecule has 3 rings (SSSR count). The fourth-order valence-corrected chi connectivity index (χ4v) is 3.84. The summed E-state index contributed by atoms with van der Waals surface area (Å²) in [6, 6.07) is 13.7. The van der Waals surface area contributed by atoms with E-state index in [1.54, 1.807) is 0 Å². The van der Waals surface area contributed by atoms with Gasteiger partial charge in [-0.1, -0.05) is 61.4 Å². The third-order valence-corrected chi connectivity index (χ3v) is 5.06. The van der Waals surface area contributed by atoms with Crippen molar-refractivity contribution in [2.75, 3.05) is 0 Å². The molecule has 0 radical (unpaired) electrons. The first-order valence-electron chi connectivity index (χ1n) is 9.26. The van der Waals surface area contributed by atoms with E-state index in [-0.39, 0.29) is 5.41 Å². The van der Waals surface area contributed by atoms with Gasteiger partial charge in [0.05, 0.1) is 0 Å². The van der Waals surface area contributed by atoms with Gasteiger partial charge >= 0.3 is 0 Å². The van der Waals surface area contributed by atoms with Gasteiger partial charge in [0.2, 0.25) is 0 Å². The average Bonchev–Trinajstić information content (AvgIpc) is 2.85. The Morgan fingerprint density at radius 3 is 1.52 bits per heavy atom. The summed E-state index contributed by atoms with van der Waals surface area (Å²) in [5, 5.41) is 0. The van der Waals surface area contributed by atoms with Crippen LogP contribution in [0.1, 0.15) is 61.8 Å². The maximum Gasteiger partial charge on any atom is 0.0433 e. The Balaban J connectivity index is 2.27. The van der Waals surface area contributed by atoms with Gasteiger partial charge in [0.15, 0.2) is 0 Å². The molecular formula is C25H26. The zero-order valence-corrected chi connectivity index (χ0v) is 15.8. The van der Waals surface area contributed by atoms with E-state index in [0.717, 1.165) is 25.7 Å². The first-order valence-corrected chi connectivity index (χ1v) is 9.26. The van der Waals surface area contributed by atoms with Crippen LogP contribution in [0.15, 0.2) is 36.4 Å². The molecule has 126 valence electrons. The first kappa shape index (κ1) is 17.4. The molecule has 0 amide bonds. The minimum atomic E-state index is -0.104. The van der Waals surface area contributed by atoms with Gasteiger partial charge in [0.1, 0.15) is 0 Å². The summed E-state index contributed by atoms with van der Waals surface area (Å²) in [6.07, 6.45) is 3.48. The van der Waals surface area contributed by atoms with Gasteiger partial charge in [-0.2, -0.15) is 0 Å². The van der Waals surface area contributed by atoms with Crippen LogP contribution >= 0.6 is 0 Å². The van der Waals surface area contributed by atoms with Crippen LogP contribution in [0.3, 0.4) is 0 Å². The summed E-state index contributed by atoms with van der Waals surface area (Å²) < 4.78 is 0. The third kappa shape index (κ3) is 3.10. The van der Waals surface area contributed by atoms with Gasteiger partial charge in [-0.3, -0.25) is 0 Å². The highest BCUT2D eigenvalue weighted by Gasteiger charge is 2.42. The second-order valence-electron chi connectivity index (χ2n) is 6.95. The molecule has 0 atom stereocenters. The van der Waals surface area contributed by atoms with Crippen molar-refractivity contribution >= 4 is 0 Å². The van der Waals surface area contributed by atoms with E-state index in [1.165, 1.54) is 33.4 Å². The molecule has 0 fully saturated rings. The molecule has 25 heavy (non-hydrogen) atoms. The van der Waals surface area contributed by atoms with Crippen LogP contribution in [0, 0.1) is 37.5 Å². The van der Waals surface area contributed by atoms with Crippen molar-refractivity contribution in [3.8, 4) is 34.8 Å². The summed E-state index contributed by atoms with van der Waals surface area (Å²) in [6.45, 7) is 8.58. The number of hydrogen-bond acceptors (Lipinski definition) is 0. The highest BCUT2D eigenvalue weighted by atomic mass is 14.4. The monoisotopic (exact) mass is 326 g/mol. The number of benzene rings is 2. The van der Waals surface area contributed by atoms with E-state index in [4.69, 9.17) is 0 Å². The molecule has 0 aliphatic heterocycles. The Labute approximate surface area is 152 Å². The molecular weight excluding hydrogens is 300 g/mol. The lowest BCUT2D eigenvalue weighted by Gasteiger charge is -2.29. The predicted molar refractivity (Wildman–Crippen MR) is 108 cm³/mol. The fraction of sp³-hybridized carbons (Fsp3) is 0.360. The molecule has 2 aromatic rings. The van der Waals surface area contributed by atoms with Crippen LogP contribution in [-0.4, -0.2) is 0 Å². The molecule has 0 bridgehead atoms. The summed E-state index contributed by atoms with van der Waals surface area (Å²) in [5.74, 6) is 13.5. The Morgan fingerprint density at radius 2 is 1.12 bits per heavy atom. The van der Waals surface area contributed by atoms with E-state index >= 15 is 0 Å². The second-order valence-corrected chi connectivity index (χ2v) is 6.95. The summed E-state index contributed by atoms with van der Waals surface area (Å²) >= 11 is 0. The SMILES string of the molecule is CCC#CCC1(CC#CCC)c2cc(C)ccc2-c2ccc(C)cc21. The Bertz CT molecular complexity index is 829. The zero-order chi connectivity index (χ0) is 17.9. The molecule has 0 saturated heterocycles. The van der Waals surface area contributed by atoms with Crippen LogP contribution in [0.5, 0.6) is 0 Å². The van der Waals surface area contributed by atoms with Gasteiger partial charge in [0, 0.05) is 31.1 Å². The van der Waals surface area contributed by atoms with Gasteiger partial charge in [-0.05, 0) is 36.1 Å². The lowest BCUT2D eigenvalue weighted by atomic mass is 9.72. The number of fused-ring (bicyclic) bond motifs is 3. The van der Waals surface area contributed by atoms with Crippen LogP contribution in [0.2, 0.25) is 0 Å². The summed E-state index contributed by atoms with van der Waals surface area (Å²) in [7, 11) is 0. The highest BCUT2D eigenvalue weighted by molar-refractivity contribution is 5.82. The lowest BCUT2D eigenvalue weighted by Crippen LogP contribution is -2.24. The molecule has 0 saturated carbocycles. The highest BCUT2D eigenvalue weighted by Crippen LogP contribution is 2.53. The van der Waals surface area contributed by atoms with E-state index < -0.39 is 0 Å². The van der Waals surface area contributed by atoms with Crippen molar-refractivity contribution in [2.24, 2.45) is 0 Å². The van der Waals surface area contributed by atoms with Crippen molar-refractivity contribution in [3.63, 3.8) is 0 Å². The smallest absolute Gasteiger partial charge is 0.0433 e. The molecule has 0 heterocycles. The van der Waals surface area contributed by atoms with Crippen molar-refractivity contribution < 1.29 is 0 Å². The van der Waals surface area contributed by atoms with Crippen LogP contribution in [0.25, 0.3) is 11.1 Å². The normalized spacial score (nSPS) is 13.1. The molecule has 1 aliphatic rings. The van der Waals surface area contributed by atoms with Crippen molar-refractivity contribution in [3.05, 3.63) is 58.7 Å². The molecule has 0 spiro atoms. The Hall–Kier alpha value is -2.44. The van der Waals surface area contributed by atoms with E-state index in [1.807, 2.05) is 0 Å². The van der Waals surface area contributed by atoms with E-state index in [2.05, 4.69) is 87.8 Å². The zero-order valence-electron chi connectivity index (χ0n) is 15.8. The lowest BCUT2D eigenvalue weighted by molar-refractivity contribution is 0.558. The Morgan fingerprint density at radius 1 is 0.680 bits per heavy atom. The largest absolute Gasteiger partial charge is 0.104 e. The van der Waals surface area contributed by atoms with Gasteiger partial charge in [-0.25, -0.2) is 0 Å². The number of hydrogen-bond donors (Lipinski definition) is 0. The molecule has 0 unspecified atom stereocenters. The van der Waals surface area contributed by atoms with Crippen molar-refractivity contribution in [1.82, 2.24) is 0 Å². The molecule has 0 aromatic heterocycles. The van der Waals surface area contributed by atoms with Crippen LogP contribution in [-0.2, 0) is 5.41 Å². The van der Waals surface area contributed by atoms with E-state index in [9.17, 15) is 0 Å². The molecule has 0 heteroatoms. The quantitative estimate of drug-likeness (QED) is 0.578. The summed E-state index contributed by atoms with van der Waals surface area (Å²) in [5.41, 5.74) is 8.04. The van der Waals surface area contributed by atoms with Crippen LogP contribution < -0.4 is 0 Å². The molecule has 0 nitrogen and oxygen atoms in total. The minimum absolute atomic E-state index is 0.104. The molecule has 1 aliphatic carbocycles.